The summed E-state index contributed by atoms with van der Waals surface area (Å²) >= 11 is 1.33. The summed E-state index contributed by atoms with van der Waals surface area (Å²) in [5, 5.41) is 6.51. The number of piperidine rings is 1. The van der Waals surface area contributed by atoms with Gasteiger partial charge in [0.25, 0.3) is 10.0 Å². The Morgan fingerprint density at radius 1 is 1.25 bits per heavy atom. The van der Waals surface area contributed by atoms with Gasteiger partial charge in [-0.3, -0.25) is 4.99 Å². The number of hydrogen-bond acceptors (Lipinski definition) is 4. The molecule has 6 nitrogen and oxygen atoms in total. The summed E-state index contributed by atoms with van der Waals surface area (Å²) in [5.41, 5.74) is -0.0833. The molecule has 0 bridgehead atoms. The van der Waals surface area contributed by atoms with E-state index >= 15 is 0 Å². The van der Waals surface area contributed by atoms with Crippen molar-refractivity contribution in [3.8, 4) is 0 Å². The highest BCUT2D eigenvalue weighted by atomic mass is 32.2. The summed E-state index contributed by atoms with van der Waals surface area (Å²) < 4.78 is 27.4. The molecule has 0 spiro atoms. The van der Waals surface area contributed by atoms with Crippen LogP contribution < -0.4 is 10.6 Å². The van der Waals surface area contributed by atoms with Crippen LogP contribution in [0.25, 0.3) is 0 Å². The number of aliphatic imine (C=N–C) groups is 1. The van der Waals surface area contributed by atoms with E-state index in [-0.39, 0.29) is 5.54 Å². The molecule has 1 saturated heterocycles. The highest BCUT2D eigenvalue weighted by Crippen LogP contribution is 2.27. The molecule has 24 heavy (non-hydrogen) atoms. The molecule has 1 aromatic rings. The Hall–Kier alpha value is -1.12. The average Bonchev–Trinajstić information content (AvgIpc) is 3.01. The van der Waals surface area contributed by atoms with Crippen molar-refractivity contribution in [3.63, 3.8) is 0 Å². The first-order valence-corrected chi connectivity index (χ1v) is 10.6. The minimum Gasteiger partial charge on any atom is -0.352 e. The van der Waals surface area contributed by atoms with Gasteiger partial charge in [0.05, 0.1) is 6.54 Å². The lowest BCUT2D eigenvalue weighted by molar-refractivity contribution is 0.347. The van der Waals surface area contributed by atoms with Gasteiger partial charge in [0, 0.05) is 30.6 Å². The van der Waals surface area contributed by atoms with Crippen molar-refractivity contribution in [3.05, 3.63) is 17.0 Å². The fraction of sp³-hybridized carbons (Fsp3) is 0.688. The van der Waals surface area contributed by atoms with E-state index < -0.39 is 10.0 Å². The monoisotopic (exact) mass is 372 g/mol. The Labute approximate surface area is 149 Å². The van der Waals surface area contributed by atoms with E-state index in [2.05, 4.69) is 36.4 Å². The molecule has 8 heteroatoms. The summed E-state index contributed by atoms with van der Waals surface area (Å²) in [5.74, 6) is 0.705. The molecule has 1 aliphatic rings. The Kier molecular flexibility index (Phi) is 6.28. The van der Waals surface area contributed by atoms with Crippen molar-refractivity contribution >= 4 is 27.3 Å². The molecule has 1 fully saturated rings. The number of nitrogens with zero attached hydrogens (tertiary/aromatic N) is 2. The van der Waals surface area contributed by atoms with E-state index in [0.29, 0.717) is 29.8 Å². The Bertz CT molecular complexity index is 668. The molecule has 2 N–H and O–H groups in total. The van der Waals surface area contributed by atoms with Crippen molar-refractivity contribution in [2.45, 2.75) is 56.3 Å². The largest absolute Gasteiger partial charge is 0.352 e. The van der Waals surface area contributed by atoms with Gasteiger partial charge in [0.15, 0.2) is 5.96 Å². The van der Waals surface area contributed by atoms with Crippen LogP contribution in [-0.4, -0.2) is 44.4 Å². The van der Waals surface area contributed by atoms with Gasteiger partial charge in [-0.25, -0.2) is 8.42 Å². The topological polar surface area (TPSA) is 73.8 Å². The first-order valence-electron chi connectivity index (χ1n) is 8.30. The van der Waals surface area contributed by atoms with E-state index in [1.807, 2.05) is 6.07 Å². The second-order valence-electron chi connectivity index (χ2n) is 6.99. The molecule has 0 saturated carbocycles. The minimum atomic E-state index is -3.34. The lowest BCUT2D eigenvalue weighted by Gasteiger charge is -2.25. The van der Waals surface area contributed by atoms with Gasteiger partial charge in [0.1, 0.15) is 4.21 Å². The maximum Gasteiger partial charge on any atom is 0.252 e. The highest BCUT2D eigenvalue weighted by molar-refractivity contribution is 7.91. The van der Waals surface area contributed by atoms with Crippen molar-refractivity contribution < 1.29 is 8.42 Å². The summed E-state index contributed by atoms with van der Waals surface area (Å²) in [7, 11) is -1.61. The molecular weight excluding hydrogens is 344 g/mol. The molecule has 2 heterocycles. The van der Waals surface area contributed by atoms with Gasteiger partial charge in [0.2, 0.25) is 0 Å². The second kappa shape index (κ2) is 7.84. The fourth-order valence-corrected chi connectivity index (χ4v) is 5.50. The first kappa shape index (κ1) is 19.2. The van der Waals surface area contributed by atoms with E-state index in [4.69, 9.17) is 0 Å². The third kappa shape index (κ3) is 5.19. The van der Waals surface area contributed by atoms with E-state index in [9.17, 15) is 8.42 Å². The van der Waals surface area contributed by atoms with Gasteiger partial charge in [-0.15, -0.1) is 11.3 Å². The lowest BCUT2D eigenvalue weighted by atomic mass is 10.1. The molecule has 0 radical (unpaired) electrons. The summed E-state index contributed by atoms with van der Waals surface area (Å²) in [4.78, 5) is 5.16. The van der Waals surface area contributed by atoms with Crippen LogP contribution in [0.3, 0.4) is 0 Å². The zero-order valence-corrected chi connectivity index (χ0v) is 16.6. The van der Waals surface area contributed by atoms with Gasteiger partial charge < -0.3 is 10.6 Å². The Morgan fingerprint density at radius 3 is 2.50 bits per heavy atom. The van der Waals surface area contributed by atoms with Crippen molar-refractivity contribution in [2.24, 2.45) is 4.99 Å². The third-order valence-electron chi connectivity index (χ3n) is 3.69. The van der Waals surface area contributed by atoms with Crippen LogP contribution in [0.2, 0.25) is 0 Å². The SMILES string of the molecule is CN=C(NCc1ccc(S(=O)(=O)N2CCCCC2)s1)NC(C)(C)C. The maximum absolute atomic E-state index is 12.7. The van der Waals surface area contributed by atoms with Crippen LogP contribution in [0.5, 0.6) is 0 Å². The quantitative estimate of drug-likeness (QED) is 0.629. The average molecular weight is 373 g/mol. The number of guanidine groups is 1. The smallest absolute Gasteiger partial charge is 0.252 e. The van der Waals surface area contributed by atoms with Crippen molar-refractivity contribution in [1.29, 1.82) is 0 Å². The van der Waals surface area contributed by atoms with Crippen LogP contribution >= 0.6 is 11.3 Å². The first-order chi connectivity index (χ1) is 11.2. The third-order valence-corrected chi connectivity index (χ3v) is 7.14. The van der Waals surface area contributed by atoms with Gasteiger partial charge in [-0.1, -0.05) is 6.42 Å². The highest BCUT2D eigenvalue weighted by Gasteiger charge is 2.27. The van der Waals surface area contributed by atoms with E-state index in [0.717, 1.165) is 24.1 Å². The minimum absolute atomic E-state index is 0.0833. The molecule has 0 aromatic carbocycles. The zero-order valence-electron chi connectivity index (χ0n) is 14.9. The summed E-state index contributed by atoms with van der Waals surface area (Å²) in [6.07, 6.45) is 3.02. The predicted molar refractivity (Wildman–Crippen MR) is 100 cm³/mol. The maximum atomic E-state index is 12.7. The molecule has 1 aromatic heterocycles. The zero-order chi connectivity index (χ0) is 17.8. The van der Waals surface area contributed by atoms with Crippen LogP contribution in [0.15, 0.2) is 21.3 Å². The van der Waals surface area contributed by atoms with Gasteiger partial charge in [-0.05, 0) is 45.7 Å². The van der Waals surface area contributed by atoms with Crippen molar-refractivity contribution in [2.75, 3.05) is 20.1 Å². The number of rotatable bonds is 4. The van der Waals surface area contributed by atoms with Crippen molar-refractivity contribution in [1.82, 2.24) is 14.9 Å². The Morgan fingerprint density at radius 2 is 1.92 bits per heavy atom. The van der Waals surface area contributed by atoms with Gasteiger partial charge in [-0.2, -0.15) is 4.31 Å². The fourth-order valence-electron chi connectivity index (χ4n) is 2.53. The molecule has 2 rings (SSSR count). The van der Waals surface area contributed by atoms with Crippen LogP contribution in [-0.2, 0) is 16.6 Å². The lowest BCUT2D eigenvalue weighted by Crippen LogP contribution is -2.47. The van der Waals surface area contributed by atoms with E-state index in [1.54, 1.807) is 17.4 Å². The number of sulfonamides is 1. The van der Waals surface area contributed by atoms with Crippen LogP contribution in [0.4, 0.5) is 0 Å². The Balaban J connectivity index is 2.00. The molecular formula is C16H28N4O2S2. The van der Waals surface area contributed by atoms with Gasteiger partial charge >= 0.3 is 0 Å². The predicted octanol–water partition coefficient (Wildman–Crippen LogP) is 2.39. The van der Waals surface area contributed by atoms with Crippen LogP contribution in [0.1, 0.15) is 44.9 Å². The van der Waals surface area contributed by atoms with E-state index in [1.165, 1.54) is 11.3 Å². The molecule has 136 valence electrons. The molecule has 1 aliphatic heterocycles. The second-order valence-corrected chi connectivity index (χ2v) is 10.3. The molecule has 0 atom stereocenters. The normalized spacial score (nSPS) is 17.8. The summed E-state index contributed by atoms with van der Waals surface area (Å²) in [6.45, 7) is 8.01. The standard InChI is InChI=1S/C16H28N4O2S2/c1-16(2,3)19-15(17-4)18-12-13-8-9-14(23-13)24(21,22)20-10-6-5-7-11-20/h8-9H,5-7,10-12H2,1-4H3,(H2,17,18,19). The molecule has 0 aliphatic carbocycles. The molecule has 0 unspecified atom stereocenters. The molecule has 0 amide bonds. The number of nitrogens with one attached hydrogen (secondary N) is 2. The number of thiophene rings is 1. The van der Waals surface area contributed by atoms with Crippen LogP contribution in [0, 0.1) is 0 Å². The summed E-state index contributed by atoms with van der Waals surface area (Å²) in [6, 6.07) is 3.59. The number of hydrogen-bond donors (Lipinski definition) is 2.